The molecule has 0 radical (unpaired) electrons. The third kappa shape index (κ3) is 9.12. The van der Waals surface area contributed by atoms with Crippen LogP contribution in [-0.4, -0.2) is 78.5 Å². The van der Waals surface area contributed by atoms with Crippen molar-refractivity contribution < 1.29 is 23.8 Å². The molecule has 1 aliphatic heterocycles. The number of carbonyl (C=O) groups is 2. The van der Waals surface area contributed by atoms with Crippen molar-refractivity contribution in [2.75, 3.05) is 19.6 Å². The molecule has 2 N–H and O–H groups in total. The molecule has 2 fully saturated rings. The molecule has 1 saturated carbocycles. The Bertz CT molecular complexity index is 2410. The van der Waals surface area contributed by atoms with Gasteiger partial charge in [-0.25, -0.2) is 28.3 Å². The van der Waals surface area contributed by atoms with Gasteiger partial charge >= 0.3 is 17.9 Å². The van der Waals surface area contributed by atoms with E-state index in [1.807, 2.05) is 60.7 Å². The van der Waals surface area contributed by atoms with Crippen LogP contribution in [0.15, 0.2) is 99.1 Å². The third-order valence-corrected chi connectivity index (χ3v) is 11.3. The van der Waals surface area contributed by atoms with Crippen LogP contribution in [0.25, 0.3) is 27.8 Å². The number of rotatable bonds is 8. The first kappa shape index (κ1) is 39.9. The molecule has 5 aromatic rings. The molecule has 2 aromatic heterocycles. The van der Waals surface area contributed by atoms with Crippen LogP contribution in [0.1, 0.15) is 63.6 Å². The Morgan fingerprint density at radius 1 is 0.947 bits per heavy atom. The standard InChI is InChI=1S/C43H46BrFN6O6/c1-43(2,3)57-40(53)47-31-13-15-32(16-14-31)51-39(52)36-23-30(45)24-46-38(36)50(41(51)54)33-11-7-10-29(22-33)35-17-12-28(21-37(35)44)25-48-18-19-49(42(55)56)34(26-48)20-27-8-5-4-6-9-27/h4-12,17,21-24,31-32,34H,13-16,18-20,25-26H2,1-3H3,(H,47,53)(H,55,56). The number of fused-ring (bicyclic) bond motifs is 1. The van der Waals surface area contributed by atoms with Gasteiger partial charge in [0.05, 0.1) is 23.3 Å². The van der Waals surface area contributed by atoms with Gasteiger partial charge in [0.15, 0.2) is 5.65 Å². The first-order chi connectivity index (χ1) is 27.2. The molecular formula is C43H46BrFN6O6. The maximum absolute atomic E-state index is 14.6. The van der Waals surface area contributed by atoms with Crippen molar-refractivity contribution in [1.82, 2.24) is 29.2 Å². The van der Waals surface area contributed by atoms with Gasteiger partial charge in [0, 0.05) is 42.7 Å². The average molecular weight is 842 g/mol. The molecule has 0 spiro atoms. The van der Waals surface area contributed by atoms with Crippen molar-refractivity contribution in [3.8, 4) is 16.8 Å². The molecule has 3 heterocycles. The van der Waals surface area contributed by atoms with Crippen LogP contribution in [0.3, 0.4) is 0 Å². The van der Waals surface area contributed by atoms with E-state index in [1.54, 1.807) is 31.7 Å². The number of pyridine rings is 1. The molecule has 57 heavy (non-hydrogen) atoms. The van der Waals surface area contributed by atoms with Gasteiger partial charge in [-0.2, -0.15) is 0 Å². The number of nitrogens with one attached hydrogen (secondary N) is 1. The Balaban J connectivity index is 1.13. The molecule has 298 valence electrons. The number of hydrogen-bond donors (Lipinski definition) is 2. The van der Waals surface area contributed by atoms with E-state index < -0.39 is 40.9 Å². The Morgan fingerprint density at radius 3 is 2.40 bits per heavy atom. The van der Waals surface area contributed by atoms with Crippen molar-refractivity contribution in [3.63, 3.8) is 0 Å². The van der Waals surface area contributed by atoms with E-state index in [2.05, 4.69) is 37.2 Å². The molecule has 1 saturated heterocycles. The number of ether oxygens (including phenoxy) is 1. The Labute approximate surface area is 338 Å². The molecular weight excluding hydrogens is 795 g/mol. The lowest BCUT2D eigenvalue weighted by Gasteiger charge is -2.40. The minimum atomic E-state index is -0.904. The number of alkyl carbamates (subject to hydrolysis) is 1. The second kappa shape index (κ2) is 16.6. The number of hydrogen-bond acceptors (Lipinski definition) is 7. The predicted molar refractivity (Wildman–Crippen MR) is 219 cm³/mol. The lowest BCUT2D eigenvalue weighted by atomic mass is 9.91. The van der Waals surface area contributed by atoms with E-state index in [0.717, 1.165) is 39.0 Å². The number of aromatic nitrogens is 3. The smallest absolute Gasteiger partial charge is 0.407 e. The lowest BCUT2D eigenvalue weighted by molar-refractivity contribution is 0.0487. The van der Waals surface area contributed by atoms with Gasteiger partial charge in [-0.3, -0.25) is 14.3 Å². The highest BCUT2D eigenvalue weighted by Gasteiger charge is 2.31. The highest BCUT2D eigenvalue weighted by Crippen LogP contribution is 2.32. The predicted octanol–water partition coefficient (Wildman–Crippen LogP) is 7.53. The second-order valence-corrected chi connectivity index (χ2v) is 16.7. The van der Waals surface area contributed by atoms with Crippen molar-refractivity contribution in [3.05, 3.63) is 127 Å². The van der Waals surface area contributed by atoms with Crippen molar-refractivity contribution >= 4 is 39.1 Å². The number of benzene rings is 3. The summed E-state index contributed by atoms with van der Waals surface area (Å²) < 4.78 is 23.4. The van der Waals surface area contributed by atoms with Crippen LogP contribution >= 0.6 is 15.9 Å². The van der Waals surface area contributed by atoms with Gasteiger partial charge < -0.3 is 20.1 Å². The summed E-state index contributed by atoms with van der Waals surface area (Å²) >= 11 is 3.78. The molecule has 2 amide bonds. The number of piperazine rings is 1. The van der Waals surface area contributed by atoms with Crippen LogP contribution in [0, 0.1) is 5.82 Å². The van der Waals surface area contributed by atoms with E-state index in [-0.39, 0.29) is 23.1 Å². The number of carbonyl (C=O) groups excluding carboxylic acids is 1. The Morgan fingerprint density at radius 2 is 1.70 bits per heavy atom. The largest absolute Gasteiger partial charge is 0.465 e. The van der Waals surface area contributed by atoms with E-state index in [9.17, 15) is 28.7 Å². The zero-order chi connectivity index (χ0) is 40.4. The first-order valence-corrected chi connectivity index (χ1v) is 20.0. The molecule has 12 nitrogen and oxygen atoms in total. The van der Waals surface area contributed by atoms with Gasteiger partial charge in [-0.05, 0) is 99.4 Å². The van der Waals surface area contributed by atoms with E-state index >= 15 is 0 Å². The highest BCUT2D eigenvalue weighted by molar-refractivity contribution is 9.10. The first-order valence-electron chi connectivity index (χ1n) is 19.2. The molecule has 0 bridgehead atoms. The van der Waals surface area contributed by atoms with E-state index in [4.69, 9.17) is 4.74 Å². The topological polar surface area (TPSA) is 139 Å². The highest BCUT2D eigenvalue weighted by atomic mass is 79.9. The number of carboxylic acid groups (broad SMARTS) is 1. The maximum Gasteiger partial charge on any atom is 0.407 e. The van der Waals surface area contributed by atoms with Gasteiger partial charge in [0.25, 0.3) is 5.56 Å². The molecule has 3 aromatic carbocycles. The number of halogens is 2. The van der Waals surface area contributed by atoms with Crippen LogP contribution in [0.5, 0.6) is 0 Å². The summed E-state index contributed by atoms with van der Waals surface area (Å²) in [7, 11) is 0. The third-order valence-electron chi connectivity index (χ3n) is 10.7. The summed E-state index contributed by atoms with van der Waals surface area (Å²) in [6.07, 6.45) is 2.18. The van der Waals surface area contributed by atoms with Gasteiger partial charge in [0.1, 0.15) is 11.4 Å². The number of amides is 2. The lowest BCUT2D eigenvalue weighted by Crippen LogP contribution is -2.55. The summed E-state index contributed by atoms with van der Waals surface area (Å²) in [5.74, 6) is -0.685. The van der Waals surface area contributed by atoms with E-state index in [0.29, 0.717) is 64.0 Å². The summed E-state index contributed by atoms with van der Waals surface area (Å²) in [5.41, 5.74) is 2.54. The fourth-order valence-corrected chi connectivity index (χ4v) is 8.68. The maximum atomic E-state index is 14.6. The molecule has 14 heteroatoms. The fourth-order valence-electron chi connectivity index (χ4n) is 8.03. The molecule has 7 rings (SSSR count). The summed E-state index contributed by atoms with van der Waals surface area (Å²) in [6.45, 7) is 7.67. The monoisotopic (exact) mass is 840 g/mol. The quantitative estimate of drug-likeness (QED) is 0.164. The molecule has 1 atom stereocenters. The molecule has 1 aliphatic carbocycles. The normalized spacial score (nSPS) is 19.0. The van der Waals surface area contributed by atoms with E-state index in [1.165, 1.54) is 9.13 Å². The summed E-state index contributed by atoms with van der Waals surface area (Å²) in [4.78, 5) is 60.8. The average Bonchev–Trinajstić information content (AvgIpc) is 3.16. The Kier molecular flexibility index (Phi) is 11.6. The van der Waals surface area contributed by atoms with Crippen LogP contribution in [0.4, 0.5) is 14.0 Å². The molecule has 1 unspecified atom stereocenters. The summed E-state index contributed by atoms with van der Waals surface area (Å²) in [5, 5.41) is 12.8. The van der Waals surface area contributed by atoms with Crippen LogP contribution in [0.2, 0.25) is 0 Å². The SMILES string of the molecule is CC(C)(C)OC(=O)NC1CCC(n2c(=O)c3cc(F)cnc3n(-c3cccc(-c4ccc(CN5CCN(C(=O)O)C(Cc6ccccc6)C5)cc4Br)c3)c2=O)CC1. The fraction of sp³-hybridized carbons (Fsp3) is 0.372. The van der Waals surface area contributed by atoms with Crippen molar-refractivity contribution in [1.29, 1.82) is 0 Å². The van der Waals surface area contributed by atoms with Gasteiger partial charge in [-0.15, -0.1) is 0 Å². The minimum Gasteiger partial charge on any atom is -0.465 e. The van der Waals surface area contributed by atoms with Crippen molar-refractivity contribution in [2.24, 2.45) is 0 Å². The second-order valence-electron chi connectivity index (χ2n) is 15.9. The van der Waals surface area contributed by atoms with Crippen LogP contribution in [-0.2, 0) is 17.7 Å². The molecule has 2 aliphatic rings. The van der Waals surface area contributed by atoms with Gasteiger partial charge in [0.2, 0.25) is 0 Å². The zero-order valence-electron chi connectivity index (χ0n) is 32.2. The van der Waals surface area contributed by atoms with Crippen LogP contribution < -0.4 is 16.6 Å². The minimum absolute atomic E-state index is 0.00487. The van der Waals surface area contributed by atoms with Crippen molar-refractivity contribution in [2.45, 2.75) is 83.1 Å². The Hall–Kier alpha value is -5.34. The summed E-state index contributed by atoms with van der Waals surface area (Å²) in [6, 6.07) is 23.7. The van der Waals surface area contributed by atoms with Gasteiger partial charge in [-0.1, -0.05) is 70.5 Å². The zero-order valence-corrected chi connectivity index (χ0v) is 33.7. The number of nitrogens with zero attached hydrogens (tertiary/aromatic N) is 5.